The Labute approximate surface area is 108 Å². The number of rotatable bonds is 6. The third-order valence-electron chi connectivity index (χ3n) is 3.79. The first kappa shape index (κ1) is 15.0. The molecule has 1 heterocycles. The molecule has 0 bridgehead atoms. The van der Waals surface area contributed by atoms with Gasteiger partial charge < -0.3 is 10.2 Å². The molecule has 0 aliphatic carbocycles. The van der Waals surface area contributed by atoms with Gasteiger partial charge in [-0.2, -0.15) is 0 Å². The van der Waals surface area contributed by atoms with Crippen LogP contribution in [-0.4, -0.2) is 37.6 Å². The molecule has 0 saturated carbocycles. The zero-order valence-corrected chi connectivity index (χ0v) is 12.4. The van der Waals surface area contributed by atoms with E-state index in [9.17, 15) is 0 Å². The number of hydrogen-bond acceptors (Lipinski definition) is 2. The van der Waals surface area contributed by atoms with Crippen LogP contribution in [0, 0.1) is 11.3 Å². The van der Waals surface area contributed by atoms with Crippen LogP contribution in [0.25, 0.3) is 0 Å². The van der Waals surface area contributed by atoms with Gasteiger partial charge in [-0.15, -0.1) is 0 Å². The first-order valence-electron chi connectivity index (χ1n) is 7.44. The Bertz CT molecular complexity index is 188. The fourth-order valence-corrected chi connectivity index (χ4v) is 2.60. The molecule has 17 heavy (non-hydrogen) atoms. The Morgan fingerprint density at radius 3 is 2.35 bits per heavy atom. The first-order valence-corrected chi connectivity index (χ1v) is 7.44. The van der Waals surface area contributed by atoms with Gasteiger partial charge in [-0.3, -0.25) is 0 Å². The fraction of sp³-hybridized carbons (Fsp3) is 1.00. The molecular weight excluding hydrogens is 208 g/mol. The van der Waals surface area contributed by atoms with Crippen LogP contribution in [-0.2, 0) is 0 Å². The predicted molar refractivity (Wildman–Crippen MR) is 76.4 cm³/mol. The molecule has 0 amide bonds. The van der Waals surface area contributed by atoms with Crippen LogP contribution in [0.1, 0.15) is 53.4 Å². The van der Waals surface area contributed by atoms with Gasteiger partial charge in [0.1, 0.15) is 0 Å². The van der Waals surface area contributed by atoms with E-state index in [0.29, 0.717) is 5.41 Å². The topological polar surface area (TPSA) is 15.3 Å². The minimum Gasteiger partial charge on any atom is -0.317 e. The van der Waals surface area contributed by atoms with E-state index in [0.717, 1.165) is 12.5 Å². The van der Waals surface area contributed by atoms with Gasteiger partial charge >= 0.3 is 0 Å². The maximum Gasteiger partial charge on any atom is -0.00156 e. The normalized spacial score (nSPS) is 19.8. The van der Waals surface area contributed by atoms with Crippen molar-refractivity contribution in [1.82, 2.24) is 10.2 Å². The molecule has 0 radical (unpaired) electrons. The maximum atomic E-state index is 3.48. The molecule has 102 valence electrons. The van der Waals surface area contributed by atoms with Gasteiger partial charge in [-0.1, -0.05) is 27.7 Å². The second-order valence-electron chi connectivity index (χ2n) is 6.76. The molecule has 1 fully saturated rings. The van der Waals surface area contributed by atoms with Crippen molar-refractivity contribution < 1.29 is 0 Å². The monoisotopic (exact) mass is 240 g/mol. The highest BCUT2D eigenvalue weighted by Crippen LogP contribution is 2.22. The molecule has 1 N–H and O–H groups in total. The van der Waals surface area contributed by atoms with E-state index >= 15 is 0 Å². The maximum absolute atomic E-state index is 3.48. The quantitative estimate of drug-likeness (QED) is 0.767. The van der Waals surface area contributed by atoms with E-state index in [-0.39, 0.29) is 0 Å². The number of likely N-dealkylation sites (tertiary alicyclic amines) is 1. The zero-order valence-electron chi connectivity index (χ0n) is 12.4. The second kappa shape index (κ2) is 7.38. The average molecular weight is 240 g/mol. The van der Waals surface area contributed by atoms with Crippen molar-refractivity contribution >= 4 is 0 Å². The fourth-order valence-electron chi connectivity index (χ4n) is 2.60. The molecule has 0 aromatic carbocycles. The Morgan fingerprint density at radius 2 is 1.82 bits per heavy atom. The summed E-state index contributed by atoms with van der Waals surface area (Å²) in [6.07, 6.45) is 5.50. The van der Waals surface area contributed by atoms with E-state index in [1.165, 1.54) is 51.9 Å². The van der Waals surface area contributed by atoms with Crippen LogP contribution in [0.5, 0.6) is 0 Å². The van der Waals surface area contributed by atoms with Gasteiger partial charge in [0.2, 0.25) is 0 Å². The summed E-state index contributed by atoms with van der Waals surface area (Å²) in [6.45, 7) is 15.5. The van der Waals surface area contributed by atoms with Crippen LogP contribution >= 0.6 is 0 Å². The molecule has 0 unspecified atom stereocenters. The average Bonchev–Trinajstić information content (AvgIpc) is 2.26. The number of piperidine rings is 1. The number of nitrogens with one attached hydrogen (secondary N) is 1. The molecule has 1 aliphatic heterocycles. The molecule has 0 atom stereocenters. The highest BCUT2D eigenvalue weighted by molar-refractivity contribution is 4.74. The van der Waals surface area contributed by atoms with Crippen LogP contribution in [0.3, 0.4) is 0 Å². The molecule has 1 aliphatic rings. The van der Waals surface area contributed by atoms with Crippen LogP contribution in [0.15, 0.2) is 0 Å². The summed E-state index contributed by atoms with van der Waals surface area (Å²) < 4.78 is 0. The minimum atomic E-state index is 0.503. The molecule has 0 spiro atoms. The Kier molecular flexibility index (Phi) is 6.50. The lowest BCUT2D eigenvalue weighted by Gasteiger charge is -2.32. The van der Waals surface area contributed by atoms with Gasteiger partial charge in [0.05, 0.1) is 0 Å². The summed E-state index contributed by atoms with van der Waals surface area (Å²) in [7, 11) is 0. The first-order chi connectivity index (χ1) is 8.01. The molecular formula is C15H32N2. The highest BCUT2D eigenvalue weighted by Gasteiger charge is 2.19. The predicted octanol–water partition coefficient (Wildman–Crippen LogP) is 3.13. The number of nitrogens with zero attached hydrogens (tertiary/aromatic N) is 1. The number of hydrogen-bond donors (Lipinski definition) is 1. The van der Waals surface area contributed by atoms with Crippen molar-refractivity contribution in [2.45, 2.75) is 53.4 Å². The third kappa shape index (κ3) is 7.05. The van der Waals surface area contributed by atoms with Gasteiger partial charge in [0.25, 0.3) is 0 Å². The van der Waals surface area contributed by atoms with Crippen molar-refractivity contribution in [3.63, 3.8) is 0 Å². The van der Waals surface area contributed by atoms with Crippen molar-refractivity contribution in [2.24, 2.45) is 11.3 Å². The summed E-state index contributed by atoms with van der Waals surface area (Å²) in [5.41, 5.74) is 0.503. The standard InChI is InChI=1S/C15H32N2/c1-5-16-13-14-7-11-17(12-8-14)10-6-9-15(2,3)4/h14,16H,5-13H2,1-4H3. The van der Waals surface area contributed by atoms with Crippen LogP contribution in [0.2, 0.25) is 0 Å². The summed E-state index contributed by atoms with van der Waals surface area (Å²) in [5, 5.41) is 3.48. The third-order valence-corrected chi connectivity index (χ3v) is 3.79. The lowest BCUT2D eigenvalue weighted by atomic mass is 9.90. The van der Waals surface area contributed by atoms with E-state index in [4.69, 9.17) is 0 Å². The largest absolute Gasteiger partial charge is 0.317 e. The molecule has 0 aromatic heterocycles. The van der Waals surface area contributed by atoms with E-state index < -0.39 is 0 Å². The van der Waals surface area contributed by atoms with Crippen molar-refractivity contribution in [3.05, 3.63) is 0 Å². The molecule has 0 aromatic rings. The Morgan fingerprint density at radius 1 is 1.18 bits per heavy atom. The van der Waals surface area contributed by atoms with E-state index in [1.54, 1.807) is 0 Å². The van der Waals surface area contributed by atoms with Crippen LogP contribution < -0.4 is 5.32 Å². The highest BCUT2D eigenvalue weighted by atomic mass is 15.1. The van der Waals surface area contributed by atoms with Gasteiger partial charge in [0, 0.05) is 0 Å². The van der Waals surface area contributed by atoms with Crippen LogP contribution in [0.4, 0.5) is 0 Å². The SMILES string of the molecule is CCNCC1CCN(CCCC(C)(C)C)CC1. The molecule has 2 heteroatoms. The van der Waals surface area contributed by atoms with E-state index in [2.05, 4.69) is 37.9 Å². The lowest BCUT2D eigenvalue weighted by Crippen LogP contribution is -2.37. The molecule has 2 nitrogen and oxygen atoms in total. The van der Waals surface area contributed by atoms with Gasteiger partial charge in [-0.25, -0.2) is 0 Å². The van der Waals surface area contributed by atoms with Crippen molar-refractivity contribution in [1.29, 1.82) is 0 Å². The smallest absolute Gasteiger partial charge is 0.00156 e. The van der Waals surface area contributed by atoms with Crippen molar-refractivity contribution in [2.75, 3.05) is 32.7 Å². The lowest BCUT2D eigenvalue weighted by molar-refractivity contribution is 0.173. The summed E-state index contributed by atoms with van der Waals surface area (Å²) in [6, 6.07) is 0. The van der Waals surface area contributed by atoms with E-state index in [1.807, 2.05) is 0 Å². The summed E-state index contributed by atoms with van der Waals surface area (Å²) in [4.78, 5) is 2.66. The minimum absolute atomic E-state index is 0.503. The summed E-state index contributed by atoms with van der Waals surface area (Å²) >= 11 is 0. The van der Waals surface area contributed by atoms with Crippen molar-refractivity contribution in [3.8, 4) is 0 Å². The molecule has 1 saturated heterocycles. The molecule has 1 rings (SSSR count). The Hall–Kier alpha value is -0.0800. The summed E-state index contributed by atoms with van der Waals surface area (Å²) in [5.74, 6) is 0.925. The second-order valence-corrected chi connectivity index (χ2v) is 6.76. The Balaban J connectivity index is 2.07. The van der Waals surface area contributed by atoms with Gasteiger partial charge in [0.15, 0.2) is 0 Å². The van der Waals surface area contributed by atoms with Gasteiger partial charge in [-0.05, 0) is 69.7 Å². The zero-order chi connectivity index (χ0) is 12.7.